The van der Waals surface area contributed by atoms with Crippen LogP contribution in [0.25, 0.3) is 21.0 Å². The number of hydrogen-bond donors (Lipinski definition) is 2. The Balaban J connectivity index is 1.68. The third-order valence-electron chi connectivity index (χ3n) is 5.29. The maximum absolute atomic E-state index is 13.3. The lowest BCUT2D eigenvalue weighted by atomic mass is 10.1. The Morgan fingerprint density at radius 3 is 2.17 bits per heavy atom. The highest BCUT2D eigenvalue weighted by Crippen LogP contribution is 2.38. The van der Waals surface area contributed by atoms with Crippen molar-refractivity contribution in [2.45, 2.75) is 23.5 Å². The summed E-state index contributed by atoms with van der Waals surface area (Å²) in [7, 11) is 1.58. The van der Waals surface area contributed by atoms with Gasteiger partial charge in [0.05, 0.1) is 12.0 Å². The van der Waals surface area contributed by atoms with E-state index in [1.54, 1.807) is 21.0 Å². The van der Waals surface area contributed by atoms with E-state index in [0.29, 0.717) is 21.3 Å². The molecule has 0 aliphatic heterocycles. The molecule has 1 amide bonds. The van der Waals surface area contributed by atoms with Gasteiger partial charge in [0.1, 0.15) is 27.0 Å². The predicted molar refractivity (Wildman–Crippen MR) is 141 cm³/mol. The maximum Gasteiger partial charge on any atom is 0.319 e. The second-order valence-corrected chi connectivity index (χ2v) is 11.0. The van der Waals surface area contributed by atoms with Crippen LogP contribution in [-0.2, 0) is 4.79 Å². The molecular formula is C27H23FN2O4S2. The molecule has 1 heterocycles. The molecule has 4 aromatic rings. The number of carbonyl (C=O) groups excluding carboxylic acids is 1. The van der Waals surface area contributed by atoms with Gasteiger partial charge in [-0.2, -0.15) is 0 Å². The molecule has 6 nitrogen and oxygen atoms in total. The van der Waals surface area contributed by atoms with E-state index in [1.165, 1.54) is 47.4 Å². The topological polar surface area (TPSA) is 88.5 Å². The van der Waals surface area contributed by atoms with Crippen LogP contribution < -0.4 is 10.1 Å². The number of nitrogens with zero attached hydrogens (tertiary/aromatic N) is 1. The summed E-state index contributed by atoms with van der Waals surface area (Å²) < 4.78 is 17.6. The quantitative estimate of drug-likeness (QED) is 0.247. The van der Waals surface area contributed by atoms with Gasteiger partial charge in [0, 0.05) is 16.1 Å². The zero-order chi connectivity index (χ0) is 25.9. The number of amides is 1. The van der Waals surface area contributed by atoms with Crippen LogP contribution in [0.15, 0.2) is 77.7 Å². The first-order valence-corrected chi connectivity index (χ1v) is 12.5. The number of nitrogens with one attached hydrogen (secondary N) is 1. The fourth-order valence-electron chi connectivity index (χ4n) is 3.26. The lowest BCUT2D eigenvalue weighted by Gasteiger charge is -2.18. The summed E-state index contributed by atoms with van der Waals surface area (Å²) in [6.07, 6.45) is 0. The fraction of sp³-hybridized carbons (Fsp3) is 0.148. The molecule has 184 valence electrons. The Bertz CT molecular complexity index is 1380. The highest BCUT2D eigenvalue weighted by molar-refractivity contribution is 8.01. The third kappa shape index (κ3) is 5.75. The van der Waals surface area contributed by atoms with Crippen molar-refractivity contribution in [3.05, 3.63) is 84.3 Å². The van der Waals surface area contributed by atoms with Gasteiger partial charge in [-0.05, 0) is 80.1 Å². The first kappa shape index (κ1) is 25.4. The van der Waals surface area contributed by atoms with Crippen molar-refractivity contribution in [2.24, 2.45) is 0 Å². The molecule has 0 aliphatic rings. The number of thiazole rings is 1. The van der Waals surface area contributed by atoms with E-state index in [2.05, 4.69) is 10.3 Å². The van der Waals surface area contributed by atoms with Crippen molar-refractivity contribution in [1.29, 1.82) is 0 Å². The minimum Gasteiger partial charge on any atom is -0.497 e. The summed E-state index contributed by atoms with van der Waals surface area (Å²) in [5.74, 6) is -1.00. The van der Waals surface area contributed by atoms with E-state index >= 15 is 0 Å². The van der Waals surface area contributed by atoms with Crippen LogP contribution in [-0.4, -0.2) is 33.8 Å². The molecule has 0 spiro atoms. The molecular weight excluding hydrogens is 499 g/mol. The number of methoxy groups -OCH3 is 1. The Kier molecular flexibility index (Phi) is 7.42. The second kappa shape index (κ2) is 10.5. The summed E-state index contributed by atoms with van der Waals surface area (Å²) in [4.78, 5) is 30.8. The number of aromatic nitrogens is 1. The van der Waals surface area contributed by atoms with Crippen molar-refractivity contribution < 1.29 is 23.8 Å². The van der Waals surface area contributed by atoms with Crippen LogP contribution in [0, 0.1) is 5.82 Å². The second-order valence-electron chi connectivity index (χ2n) is 8.33. The number of carboxylic acid groups (broad SMARTS) is 1. The number of rotatable bonds is 8. The summed E-state index contributed by atoms with van der Waals surface area (Å²) >= 11 is 2.63. The minimum atomic E-state index is -0.962. The number of halogens is 1. The van der Waals surface area contributed by atoms with Gasteiger partial charge in [0.2, 0.25) is 0 Å². The molecule has 9 heteroatoms. The normalized spacial score (nSPS) is 11.2. The largest absolute Gasteiger partial charge is 0.497 e. The molecule has 4 rings (SSSR count). The molecule has 36 heavy (non-hydrogen) atoms. The average molecular weight is 523 g/mol. The summed E-state index contributed by atoms with van der Waals surface area (Å²) in [5, 5.41) is 12.8. The van der Waals surface area contributed by atoms with Gasteiger partial charge in [-0.25, -0.2) is 9.37 Å². The predicted octanol–water partition coefficient (Wildman–Crippen LogP) is 6.83. The van der Waals surface area contributed by atoms with Crippen LogP contribution >= 0.6 is 23.1 Å². The summed E-state index contributed by atoms with van der Waals surface area (Å²) in [6, 6.07) is 20.3. The Morgan fingerprint density at radius 2 is 1.58 bits per heavy atom. The molecule has 0 saturated carbocycles. The molecule has 0 saturated heterocycles. The Hall–Kier alpha value is -3.69. The number of anilines is 1. The number of carboxylic acids is 1. The monoisotopic (exact) mass is 522 g/mol. The lowest BCUT2D eigenvalue weighted by molar-refractivity contribution is -0.138. The van der Waals surface area contributed by atoms with Crippen LogP contribution in [0.3, 0.4) is 0 Å². The molecule has 0 bridgehead atoms. The smallest absolute Gasteiger partial charge is 0.319 e. The van der Waals surface area contributed by atoms with Gasteiger partial charge in [-0.3, -0.25) is 9.59 Å². The molecule has 2 N–H and O–H groups in total. The lowest BCUT2D eigenvalue weighted by Crippen LogP contribution is -2.26. The summed E-state index contributed by atoms with van der Waals surface area (Å²) in [6.45, 7) is 3.31. The number of aliphatic carboxylic acids is 1. The standard InChI is InChI=1S/C27H23FN2O4S2/c1-27(2,26(32)33)36-21-14-6-17(7-15-21)25-30-22(24(31)29-19-10-8-18(28)9-11-19)23(35-25)16-4-12-20(34-3)13-5-16/h4-15H,1-3H3,(H,29,31)(H,32,33). The van der Waals surface area contributed by atoms with Crippen LogP contribution in [0.5, 0.6) is 5.75 Å². The Labute approximate surface area is 216 Å². The van der Waals surface area contributed by atoms with Gasteiger partial charge in [-0.15, -0.1) is 23.1 Å². The van der Waals surface area contributed by atoms with Gasteiger partial charge < -0.3 is 15.2 Å². The van der Waals surface area contributed by atoms with E-state index in [9.17, 15) is 19.1 Å². The highest BCUT2D eigenvalue weighted by Gasteiger charge is 2.28. The summed E-state index contributed by atoms with van der Waals surface area (Å²) in [5.41, 5.74) is 2.31. The van der Waals surface area contributed by atoms with Gasteiger partial charge >= 0.3 is 5.97 Å². The molecule has 0 atom stereocenters. The van der Waals surface area contributed by atoms with Crippen LogP contribution in [0.1, 0.15) is 24.3 Å². The van der Waals surface area contributed by atoms with E-state index < -0.39 is 22.4 Å². The minimum absolute atomic E-state index is 0.245. The molecule has 1 aromatic heterocycles. The first-order valence-electron chi connectivity index (χ1n) is 10.9. The number of benzene rings is 3. The fourth-order valence-corrected chi connectivity index (χ4v) is 5.28. The zero-order valence-electron chi connectivity index (χ0n) is 19.7. The van der Waals surface area contributed by atoms with Crippen LogP contribution in [0.2, 0.25) is 0 Å². The third-order valence-corrected chi connectivity index (χ3v) is 7.63. The molecule has 0 fully saturated rings. The van der Waals surface area contributed by atoms with Gasteiger partial charge in [0.15, 0.2) is 0 Å². The number of thioether (sulfide) groups is 1. The van der Waals surface area contributed by atoms with Gasteiger partial charge in [0.25, 0.3) is 5.91 Å². The van der Waals surface area contributed by atoms with Crippen molar-refractivity contribution in [2.75, 3.05) is 12.4 Å². The molecule has 3 aromatic carbocycles. The van der Waals surface area contributed by atoms with Crippen molar-refractivity contribution in [3.63, 3.8) is 0 Å². The van der Waals surface area contributed by atoms with Gasteiger partial charge in [-0.1, -0.05) is 12.1 Å². The molecule has 0 unspecified atom stereocenters. The number of hydrogen-bond acceptors (Lipinski definition) is 6. The number of ether oxygens (including phenoxy) is 1. The zero-order valence-corrected chi connectivity index (χ0v) is 21.4. The molecule has 0 radical (unpaired) electrons. The van der Waals surface area contributed by atoms with Crippen molar-refractivity contribution in [1.82, 2.24) is 4.98 Å². The van der Waals surface area contributed by atoms with E-state index in [4.69, 9.17) is 4.74 Å². The SMILES string of the molecule is COc1ccc(-c2sc(-c3ccc(SC(C)(C)C(=O)O)cc3)nc2C(=O)Nc2ccc(F)cc2)cc1. The Morgan fingerprint density at radius 1 is 0.972 bits per heavy atom. The first-order chi connectivity index (χ1) is 17.2. The van der Waals surface area contributed by atoms with E-state index in [-0.39, 0.29) is 5.69 Å². The van der Waals surface area contributed by atoms with Crippen LogP contribution in [0.4, 0.5) is 10.1 Å². The van der Waals surface area contributed by atoms with E-state index in [0.717, 1.165) is 16.0 Å². The van der Waals surface area contributed by atoms with Crippen molar-refractivity contribution in [3.8, 4) is 26.8 Å². The maximum atomic E-state index is 13.3. The highest BCUT2D eigenvalue weighted by atomic mass is 32.2. The van der Waals surface area contributed by atoms with E-state index in [1.807, 2.05) is 48.5 Å². The number of carbonyl (C=O) groups is 2. The average Bonchev–Trinajstić information content (AvgIpc) is 3.31. The van der Waals surface area contributed by atoms with Crippen molar-refractivity contribution >= 4 is 40.7 Å². The molecule has 0 aliphatic carbocycles.